The number of aliphatic hydroxyl groups excluding tert-OH is 2. The van der Waals surface area contributed by atoms with Gasteiger partial charge in [0.15, 0.2) is 5.60 Å². The SMILES string of the molecule is CC(O)CNCC(C)O.O=C(O)CC(O)(CC(=O)O)C(=O)O. The molecule has 2 unspecified atom stereocenters. The monoisotopic (exact) mass is 325 g/mol. The van der Waals surface area contributed by atoms with E-state index in [2.05, 4.69) is 5.32 Å². The first-order valence-electron chi connectivity index (χ1n) is 6.37. The molecule has 10 heteroatoms. The molecular weight excluding hydrogens is 302 g/mol. The molecule has 0 aliphatic heterocycles. The van der Waals surface area contributed by atoms with E-state index in [9.17, 15) is 14.4 Å². The van der Waals surface area contributed by atoms with Crippen molar-refractivity contribution in [2.45, 2.75) is 44.5 Å². The van der Waals surface area contributed by atoms with Crippen LogP contribution in [-0.4, -0.2) is 79.4 Å². The van der Waals surface area contributed by atoms with Crippen LogP contribution in [0, 0.1) is 0 Å². The van der Waals surface area contributed by atoms with Crippen LogP contribution in [0.4, 0.5) is 0 Å². The lowest BCUT2D eigenvalue weighted by Gasteiger charge is -2.18. The van der Waals surface area contributed by atoms with E-state index in [4.69, 9.17) is 30.6 Å². The lowest BCUT2D eigenvalue weighted by atomic mass is 9.96. The second-order valence-electron chi connectivity index (χ2n) is 4.83. The maximum atomic E-state index is 10.3. The predicted octanol–water partition coefficient (Wildman–Crippen LogP) is -1.91. The van der Waals surface area contributed by atoms with Crippen LogP contribution < -0.4 is 5.32 Å². The Kier molecular flexibility index (Phi) is 11.2. The topological polar surface area (TPSA) is 185 Å². The minimum absolute atomic E-state index is 0.330. The van der Waals surface area contributed by atoms with Crippen LogP contribution in [0.5, 0.6) is 0 Å². The van der Waals surface area contributed by atoms with E-state index >= 15 is 0 Å². The van der Waals surface area contributed by atoms with Gasteiger partial charge in [-0.1, -0.05) is 0 Å². The van der Waals surface area contributed by atoms with Crippen LogP contribution in [0.25, 0.3) is 0 Å². The maximum Gasteiger partial charge on any atom is 0.336 e. The summed E-state index contributed by atoms with van der Waals surface area (Å²) in [5, 5.41) is 54.1. The molecule has 2 atom stereocenters. The molecular formula is C12H23NO9. The summed E-state index contributed by atoms with van der Waals surface area (Å²) in [6.07, 6.45) is -2.95. The third-order valence-corrected chi connectivity index (χ3v) is 2.16. The Morgan fingerprint density at radius 1 is 0.909 bits per heavy atom. The minimum atomic E-state index is -2.74. The number of carboxylic acid groups (broad SMARTS) is 3. The third kappa shape index (κ3) is 13.2. The summed E-state index contributed by atoms with van der Waals surface area (Å²) < 4.78 is 0. The van der Waals surface area contributed by atoms with Crippen molar-refractivity contribution in [3.05, 3.63) is 0 Å². The largest absolute Gasteiger partial charge is 0.481 e. The Labute approximate surface area is 127 Å². The number of rotatable bonds is 9. The lowest BCUT2D eigenvalue weighted by Crippen LogP contribution is -2.42. The van der Waals surface area contributed by atoms with E-state index in [1.165, 1.54) is 0 Å². The van der Waals surface area contributed by atoms with Gasteiger partial charge in [0.2, 0.25) is 0 Å². The molecule has 0 amide bonds. The van der Waals surface area contributed by atoms with Gasteiger partial charge in [0.25, 0.3) is 0 Å². The minimum Gasteiger partial charge on any atom is -0.481 e. The second-order valence-corrected chi connectivity index (χ2v) is 4.83. The molecule has 0 aromatic rings. The summed E-state index contributed by atoms with van der Waals surface area (Å²) in [5.74, 6) is -5.02. The zero-order chi connectivity index (χ0) is 17.9. The standard InChI is InChI=1S/C6H15NO2.C6H8O7/c1-5(8)3-7-4-6(2)9;7-3(8)1-6(13,5(11)12)2-4(9)10/h5-9H,3-4H2,1-2H3;13H,1-2H2,(H,7,8)(H,9,10)(H,11,12). The van der Waals surface area contributed by atoms with Crippen molar-refractivity contribution < 1.29 is 45.0 Å². The molecule has 22 heavy (non-hydrogen) atoms. The van der Waals surface area contributed by atoms with Crippen LogP contribution in [0.3, 0.4) is 0 Å². The second kappa shape index (κ2) is 10.9. The van der Waals surface area contributed by atoms with E-state index in [1.54, 1.807) is 13.8 Å². The van der Waals surface area contributed by atoms with Gasteiger partial charge in [-0.3, -0.25) is 9.59 Å². The summed E-state index contributed by atoms with van der Waals surface area (Å²) in [4.78, 5) is 30.5. The van der Waals surface area contributed by atoms with Gasteiger partial charge in [-0.05, 0) is 13.8 Å². The Balaban J connectivity index is 0. The maximum absolute atomic E-state index is 10.3. The van der Waals surface area contributed by atoms with Crippen LogP contribution in [-0.2, 0) is 14.4 Å². The van der Waals surface area contributed by atoms with E-state index in [0.29, 0.717) is 13.1 Å². The average Bonchev–Trinajstić information content (AvgIpc) is 2.25. The normalized spacial score (nSPS) is 13.5. The van der Waals surface area contributed by atoms with Crippen molar-refractivity contribution >= 4 is 17.9 Å². The molecule has 0 saturated carbocycles. The first-order chi connectivity index (χ1) is 9.90. The van der Waals surface area contributed by atoms with E-state index in [0.717, 1.165) is 0 Å². The van der Waals surface area contributed by atoms with Gasteiger partial charge in [-0.25, -0.2) is 4.79 Å². The van der Waals surface area contributed by atoms with Gasteiger partial charge in [0.1, 0.15) is 0 Å². The van der Waals surface area contributed by atoms with Crippen LogP contribution in [0.15, 0.2) is 0 Å². The number of aliphatic hydroxyl groups is 3. The summed E-state index contributed by atoms with van der Waals surface area (Å²) in [5.41, 5.74) is -2.74. The molecule has 0 radical (unpaired) electrons. The Hall–Kier alpha value is -1.75. The van der Waals surface area contributed by atoms with Crippen LogP contribution >= 0.6 is 0 Å². The van der Waals surface area contributed by atoms with E-state index in [-0.39, 0.29) is 12.2 Å². The van der Waals surface area contributed by atoms with Gasteiger partial charge in [-0.2, -0.15) is 0 Å². The number of carbonyl (C=O) groups is 3. The molecule has 10 nitrogen and oxygen atoms in total. The first-order valence-corrected chi connectivity index (χ1v) is 6.37. The lowest BCUT2D eigenvalue weighted by molar-refractivity contribution is -0.170. The third-order valence-electron chi connectivity index (χ3n) is 2.16. The summed E-state index contributed by atoms with van der Waals surface area (Å²) >= 11 is 0. The number of aliphatic carboxylic acids is 3. The highest BCUT2D eigenvalue weighted by Gasteiger charge is 2.40. The quantitative estimate of drug-likeness (QED) is 0.252. The van der Waals surface area contributed by atoms with Gasteiger partial charge in [-0.15, -0.1) is 0 Å². The van der Waals surface area contributed by atoms with Crippen molar-refractivity contribution in [2.75, 3.05) is 13.1 Å². The molecule has 0 spiro atoms. The highest BCUT2D eigenvalue weighted by Crippen LogP contribution is 2.15. The van der Waals surface area contributed by atoms with Crippen molar-refractivity contribution in [3.63, 3.8) is 0 Å². The van der Waals surface area contributed by atoms with Crippen molar-refractivity contribution in [1.29, 1.82) is 0 Å². The zero-order valence-electron chi connectivity index (χ0n) is 12.4. The number of hydrogen-bond acceptors (Lipinski definition) is 7. The van der Waals surface area contributed by atoms with Gasteiger partial charge in [0, 0.05) is 13.1 Å². The number of nitrogens with one attached hydrogen (secondary N) is 1. The molecule has 7 N–H and O–H groups in total. The van der Waals surface area contributed by atoms with Crippen molar-refractivity contribution in [2.24, 2.45) is 0 Å². The van der Waals surface area contributed by atoms with Crippen molar-refractivity contribution in [1.82, 2.24) is 5.32 Å². The fourth-order valence-corrected chi connectivity index (χ4v) is 1.22. The molecule has 130 valence electrons. The molecule has 0 heterocycles. The fourth-order valence-electron chi connectivity index (χ4n) is 1.22. The molecule has 0 fully saturated rings. The summed E-state index contributed by atoms with van der Waals surface area (Å²) in [7, 11) is 0. The van der Waals surface area contributed by atoms with E-state index in [1.807, 2.05) is 0 Å². The first kappa shape index (κ1) is 22.5. The molecule has 0 rings (SSSR count). The van der Waals surface area contributed by atoms with Gasteiger partial charge < -0.3 is 36.0 Å². The zero-order valence-corrected chi connectivity index (χ0v) is 12.4. The molecule has 0 saturated heterocycles. The highest BCUT2D eigenvalue weighted by molar-refractivity contribution is 5.88. The van der Waals surface area contributed by atoms with Gasteiger partial charge in [0.05, 0.1) is 25.0 Å². The Morgan fingerprint density at radius 3 is 1.41 bits per heavy atom. The number of hydrogen-bond donors (Lipinski definition) is 7. The van der Waals surface area contributed by atoms with E-state index < -0.39 is 36.4 Å². The molecule has 0 aromatic heterocycles. The molecule has 0 aromatic carbocycles. The van der Waals surface area contributed by atoms with Gasteiger partial charge >= 0.3 is 17.9 Å². The van der Waals surface area contributed by atoms with Crippen molar-refractivity contribution in [3.8, 4) is 0 Å². The Bertz CT molecular complexity index is 344. The van der Waals surface area contributed by atoms with Crippen LogP contribution in [0.2, 0.25) is 0 Å². The molecule has 0 aliphatic rings. The summed E-state index contributed by atoms with van der Waals surface area (Å²) in [6.45, 7) is 4.50. The fraction of sp³-hybridized carbons (Fsp3) is 0.750. The summed E-state index contributed by atoms with van der Waals surface area (Å²) in [6, 6.07) is 0. The smallest absolute Gasteiger partial charge is 0.336 e. The Morgan fingerprint density at radius 2 is 1.23 bits per heavy atom. The van der Waals surface area contributed by atoms with Crippen LogP contribution in [0.1, 0.15) is 26.7 Å². The molecule has 0 aliphatic carbocycles. The molecule has 0 bridgehead atoms. The predicted molar refractivity (Wildman–Crippen MR) is 73.3 cm³/mol. The number of carboxylic acids is 3. The highest BCUT2D eigenvalue weighted by atomic mass is 16.4. The average molecular weight is 325 g/mol.